The number of carbonyl (C=O) groups is 1. The SMILES string of the molecule is CC(C)=CCC[C@](C)(O[C@@H]1O[C@H](CO)[C@@H](O)[C@H](O)[C@H]1O)[C@H]1CC[C@]2(C)[C@@H]1[C@H](O)C[C@@H]1[C@@]3(C)CCC(=O)C(C)(C)[C@@H]3CC[C@]12C. The molecule has 0 spiro atoms. The fourth-order valence-corrected chi connectivity index (χ4v) is 11.7. The van der Waals surface area contributed by atoms with Crippen LogP contribution in [-0.4, -0.2) is 80.3 Å². The van der Waals surface area contributed by atoms with Gasteiger partial charge in [-0.15, -0.1) is 0 Å². The summed E-state index contributed by atoms with van der Waals surface area (Å²) in [5.41, 5.74) is -0.155. The van der Waals surface area contributed by atoms with E-state index in [1.807, 2.05) is 0 Å². The third-order valence-electron chi connectivity index (χ3n) is 14.3. The molecule has 252 valence electrons. The summed E-state index contributed by atoms with van der Waals surface area (Å²) >= 11 is 0. The van der Waals surface area contributed by atoms with Crippen molar-refractivity contribution in [3.63, 3.8) is 0 Å². The molecule has 5 rings (SSSR count). The van der Waals surface area contributed by atoms with Gasteiger partial charge in [-0.25, -0.2) is 0 Å². The number of ketones is 1. The van der Waals surface area contributed by atoms with Crippen LogP contribution in [-0.2, 0) is 14.3 Å². The van der Waals surface area contributed by atoms with E-state index >= 15 is 0 Å². The minimum atomic E-state index is -1.51. The maximum Gasteiger partial charge on any atom is 0.187 e. The lowest BCUT2D eigenvalue weighted by atomic mass is 9.35. The van der Waals surface area contributed by atoms with E-state index in [9.17, 15) is 30.3 Å². The van der Waals surface area contributed by atoms with E-state index in [0.717, 1.165) is 38.5 Å². The molecule has 1 saturated heterocycles. The van der Waals surface area contributed by atoms with Crippen LogP contribution in [0.4, 0.5) is 0 Å². The van der Waals surface area contributed by atoms with Crippen LogP contribution >= 0.6 is 0 Å². The summed E-state index contributed by atoms with van der Waals surface area (Å²) in [5.74, 6) is 0.918. The summed E-state index contributed by atoms with van der Waals surface area (Å²) in [5, 5.41) is 53.9. The highest BCUT2D eigenvalue weighted by molar-refractivity contribution is 5.85. The van der Waals surface area contributed by atoms with Crippen molar-refractivity contribution in [2.45, 2.75) is 156 Å². The highest BCUT2D eigenvalue weighted by atomic mass is 16.7. The number of rotatable bonds is 7. The van der Waals surface area contributed by atoms with Crippen LogP contribution in [0.3, 0.4) is 0 Å². The fourth-order valence-electron chi connectivity index (χ4n) is 11.7. The van der Waals surface area contributed by atoms with Crippen LogP contribution in [0.5, 0.6) is 0 Å². The number of fused-ring (bicyclic) bond motifs is 5. The van der Waals surface area contributed by atoms with Crippen LogP contribution in [0.2, 0.25) is 0 Å². The van der Waals surface area contributed by atoms with Gasteiger partial charge < -0.3 is 35.0 Å². The summed E-state index contributed by atoms with van der Waals surface area (Å²) in [6.45, 7) is 17.2. The van der Waals surface area contributed by atoms with Gasteiger partial charge in [-0.05, 0) is 112 Å². The van der Waals surface area contributed by atoms with Gasteiger partial charge in [-0.2, -0.15) is 0 Å². The molecule has 4 aliphatic carbocycles. The number of aliphatic hydroxyl groups is 5. The molecule has 0 radical (unpaired) electrons. The lowest BCUT2D eigenvalue weighted by Gasteiger charge is -2.69. The largest absolute Gasteiger partial charge is 0.394 e. The Labute approximate surface area is 264 Å². The van der Waals surface area contributed by atoms with Crippen LogP contribution < -0.4 is 0 Å². The summed E-state index contributed by atoms with van der Waals surface area (Å²) in [7, 11) is 0. The number of aliphatic hydroxyl groups excluding tert-OH is 5. The Morgan fingerprint density at radius 3 is 2.25 bits per heavy atom. The second-order valence-corrected chi connectivity index (χ2v) is 17.1. The van der Waals surface area contributed by atoms with Gasteiger partial charge in [0.05, 0.1) is 18.3 Å². The number of hydrogen-bond donors (Lipinski definition) is 5. The third-order valence-corrected chi connectivity index (χ3v) is 14.3. The first kappa shape index (κ1) is 34.5. The lowest BCUT2D eigenvalue weighted by molar-refractivity contribution is -0.336. The van der Waals surface area contributed by atoms with E-state index < -0.39 is 49.0 Å². The Morgan fingerprint density at radius 1 is 0.955 bits per heavy atom. The van der Waals surface area contributed by atoms with E-state index in [0.29, 0.717) is 36.9 Å². The predicted octanol–water partition coefficient (Wildman–Crippen LogP) is 4.53. The molecule has 0 unspecified atom stereocenters. The average Bonchev–Trinajstić information content (AvgIpc) is 3.33. The Kier molecular flexibility index (Phi) is 9.15. The summed E-state index contributed by atoms with van der Waals surface area (Å²) in [4.78, 5) is 13.1. The van der Waals surface area contributed by atoms with Crippen molar-refractivity contribution >= 4 is 5.78 Å². The molecule has 0 aromatic carbocycles. The fraction of sp³-hybridized carbons (Fsp3) is 0.917. The second kappa shape index (κ2) is 11.7. The second-order valence-electron chi connectivity index (χ2n) is 17.1. The van der Waals surface area contributed by atoms with Crippen molar-refractivity contribution in [2.75, 3.05) is 6.61 Å². The molecule has 0 amide bonds. The van der Waals surface area contributed by atoms with E-state index in [4.69, 9.17) is 9.47 Å². The molecule has 5 fully saturated rings. The summed E-state index contributed by atoms with van der Waals surface area (Å²) < 4.78 is 12.6. The van der Waals surface area contributed by atoms with Gasteiger partial charge in [-0.3, -0.25) is 4.79 Å². The summed E-state index contributed by atoms with van der Waals surface area (Å²) in [6.07, 6.45) is 2.36. The highest BCUT2D eigenvalue weighted by Gasteiger charge is 2.71. The molecule has 5 aliphatic rings. The maximum atomic E-state index is 13.1. The van der Waals surface area contributed by atoms with Crippen molar-refractivity contribution in [1.82, 2.24) is 0 Å². The van der Waals surface area contributed by atoms with Gasteiger partial charge in [0, 0.05) is 11.8 Å². The Morgan fingerprint density at radius 2 is 1.61 bits per heavy atom. The van der Waals surface area contributed by atoms with Gasteiger partial charge in [0.2, 0.25) is 0 Å². The quantitative estimate of drug-likeness (QED) is 0.262. The summed E-state index contributed by atoms with van der Waals surface area (Å²) in [6, 6.07) is 0. The number of allylic oxidation sites excluding steroid dienone is 2. The van der Waals surface area contributed by atoms with Gasteiger partial charge in [0.15, 0.2) is 6.29 Å². The minimum Gasteiger partial charge on any atom is -0.394 e. The molecule has 0 aromatic heterocycles. The number of Topliss-reactive ketones (excluding diaryl/α,β-unsaturated/α-hetero) is 1. The monoisotopic (exact) mass is 620 g/mol. The highest BCUT2D eigenvalue weighted by Crippen LogP contribution is 2.75. The van der Waals surface area contributed by atoms with Crippen LogP contribution in [0, 0.1) is 45.3 Å². The molecule has 0 aromatic rings. The third kappa shape index (κ3) is 5.09. The van der Waals surface area contributed by atoms with E-state index in [2.05, 4.69) is 61.5 Å². The first-order valence-electron chi connectivity index (χ1n) is 17.2. The molecule has 4 saturated carbocycles. The molecule has 8 nitrogen and oxygen atoms in total. The molecule has 1 heterocycles. The predicted molar refractivity (Wildman–Crippen MR) is 167 cm³/mol. The first-order chi connectivity index (χ1) is 20.4. The Balaban J connectivity index is 1.49. The molecule has 8 heteroatoms. The zero-order chi connectivity index (χ0) is 32.6. The standard InChI is InChI=1S/C36H60O8/c1-20(2)10-9-14-36(8,44-31-30(42)29(41)28(40)23(19-37)43-31)21-11-16-35(7)27(21)22(38)18-25-33(5)15-13-26(39)32(3,4)24(33)12-17-34(25,35)6/h10,21-25,27-31,37-38,40-42H,9,11-19H2,1-8H3/t21-,22+,23+,24-,25+,27-,28+,29-,30+,31-,33-,34+,35+,36-/m0/s1. The van der Waals surface area contributed by atoms with E-state index in [-0.39, 0.29) is 33.5 Å². The van der Waals surface area contributed by atoms with Crippen molar-refractivity contribution in [3.05, 3.63) is 11.6 Å². The minimum absolute atomic E-state index is 0.0165. The zero-order valence-corrected chi connectivity index (χ0v) is 28.4. The lowest BCUT2D eigenvalue weighted by Crippen LogP contribution is -2.66. The Bertz CT molecular complexity index is 1120. The Hall–Kier alpha value is -0.870. The van der Waals surface area contributed by atoms with Crippen LogP contribution in [0.15, 0.2) is 11.6 Å². The van der Waals surface area contributed by atoms with Gasteiger partial charge in [-0.1, -0.05) is 46.3 Å². The van der Waals surface area contributed by atoms with E-state index in [1.54, 1.807) is 0 Å². The molecule has 14 atom stereocenters. The molecule has 1 aliphatic heterocycles. The van der Waals surface area contributed by atoms with Crippen molar-refractivity contribution in [1.29, 1.82) is 0 Å². The molecular weight excluding hydrogens is 560 g/mol. The molecule has 5 N–H and O–H groups in total. The van der Waals surface area contributed by atoms with Gasteiger partial charge >= 0.3 is 0 Å². The van der Waals surface area contributed by atoms with Crippen LogP contribution in [0.25, 0.3) is 0 Å². The first-order valence-corrected chi connectivity index (χ1v) is 17.2. The number of ether oxygens (including phenoxy) is 2. The maximum absolute atomic E-state index is 13.1. The molecular formula is C36H60O8. The van der Waals surface area contributed by atoms with Crippen LogP contribution in [0.1, 0.15) is 113 Å². The van der Waals surface area contributed by atoms with E-state index in [1.165, 1.54) is 5.57 Å². The van der Waals surface area contributed by atoms with Crippen molar-refractivity contribution in [3.8, 4) is 0 Å². The average molecular weight is 621 g/mol. The molecule has 44 heavy (non-hydrogen) atoms. The smallest absolute Gasteiger partial charge is 0.187 e. The number of carbonyl (C=O) groups excluding carboxylic acids is 1. The van der Waals surface area contributed by atoms with Gasteiger partial charge in [0.1, 0.15) is 30.2 Å². The van der Waals surface area contributed by atoms with Gasteiger partial charge in [0.25, 0.3) is 0 Å². The normalized spacial score (nSPS) is 49.8. The topological polar surface area (TPSA) is 137 Å². The number of hydrogen-bond acceptors (Lipinski definition) is 8. The molecule has 0 bridgehead atoms. The zero-order valence-electron chi connectivity index (χ0n) is 28.4. The van der Waals surface area contributed by atoms with Crippen molar-refractivity contribution < 1.29 is 39.8 Å². The van der Waals surface area contributed by atoms with Crippen molar-refractivity contribution in [2.24, 2.45) is 45.3 Å².